The van der Waals surface area contributed by atoms with Gasteiger partial charge in [-0.3, -0.25) is 0 Å². The van der Waals surface area contributed by atoms with Crippen LogP contribution in [0.4, 0.5) is 0 Å². The smallest absolute Gasteiger partial charge is 0.0297 e. The lowest BCUT2D eigenvalue weighted by molar-refractivity contribution is 0.175. The zero-order valence-electron chi connectivity index (χ0n) is 22.5. The normalized spacial score (nSPS) is 12.0. The zero-order chi connectivity index (χ0) is 22.9. The Morgan fingerprint density at radius 3 is 0.903 bits per heavy atom. The maximum Gasteiger partial charge on any atom is -0.0297 e. The molecule has 0 radical (unpaired) electrons. The van der Waals surface area contributed by atoms with E-state index in [0.717, 1.165) is 0 Å². The summed E-state index contributed by atoms with van der Waals surface area (Å²) in [5.74, 6) is 0. The minimum absolute atomic E-state index is 0.692. The molecule has 0 fully saturated rings. The van der Waals surface area contributed by atoms with Crippen LogP contribution < -0.4 is 0 Å². The molecule has 0 heterocycles. The van der Waals surface area contributed by atoms with Crippen LogP contribution in [0.2, 0.25) is 0 Å². The van der Waals surface area contributed by atoms with E-state index in [0.29, 0.717) is 5.41 Å². The first-order valence-corrected chi connectivity index (χ1v) is 15.8. The van der Waals surface area contributed by atoms with Gasteiger partial charge < -0.3 is 0 Å². The number of unbranched alkanes of at least 4 members (excludes halogenated alkanes) is 17. The minimum Gasteiger partial charge on any atom is -0.138 e. The lowest BCUT2D eigenvalue weighted by Crippen LogP contribution is -2.21. The lowest BCUT2D eigenvalue weighted by atomic mass is 9.71. The fourth-order valence-electron chi connectivity index (χ4n) is 5.35. The number of rotatable bonds is 26. The third kappa shape index (κ3) is 20.7. The molecule has 0 N–H and O–H groups in total. The van der Waals surface area contributed by atoms with Crippen LogP contribution >= 0.6 is 9.24 Å². The molecular weight excluding hydrogens is 391 g/mol. The Hall–Kier alpha value is 0.430. The Balaban J connectivity index is 3.71. The predicted octanol–water partition coefficient (Wildman–Crippen LogP) is 11.7. The highest BCUT2D eigenvalue weighted by molar-refractivity contribution is 7.16. The Labute approximate surface area is 202 Å². The van der Waals surface area contributed by atoms with Gasteiger partial charge >= 0.3 is 0 Å². The van der Waals surface area contributed by atoms with Crippen molar-refractivity contribution in [3.05, 3.63) is 0 Å². The second-order valence-corrected chi connectivity index (χ2v) is 11.2. The predicted molar refractivity (Wildman–Crippen MR) is 149 cm³/mol. The molecule has 0 saturated heterocycles. The van der Waals surface area contributed by atoms with Crippen LogP contribution in [0.5, 0.6) is 0 Å². The van der Waals surface area contributed by atoms with Gasteiger partial charge in [0, 0.05) is 0 Å². The number of hydrogen-bond acceptors (Lipinski definition) is 0. The van der Waals surface area contributed by atoms with Gasteiger partial charge in [-0.2, -0.15) is 0 Å². The summed E-state index contributed by atoms with van der Waals surface area (Å²) in [4.78, 5) is 0. The van der Waals surface area contributed by atoms with Gasteiger partial charge in [-0.05, 0) is 43.7 Å². The van der Waals surface area contributed by atoms with E-state index in [1.165, 1.54) is 167 Å². The summed E-state index contributed by atoms with van der Waals surface area (Å²) in [7, 11) is 2.85. The fraction of sp³-hybridized carbons (Fsp3) is 1.00. The first kappa shape index (κ1) is 31.4. The van der Waals surface area contributed by atoms with Crippen LogP contribution in [-0.2, 0) is 0 Å². The van der Waals surface area contributed by atoms with Gasteiger partial charge in [0.2, 0.25) is 0 Å². The summed E-state index contributed by atoms with van der Waals surface area (Å²) in [5.41, 5.74) is 0.692. The van der Waals surface area contributed by atoms with Crippen molar-refractivity contribution in [3.63, 3.8) is 0 Å². The molecule has 31 heavy (non-hydrogen) atoms. The second kappa shape index (κ2) is 25.1. The summed E-state index contributed by atoms with van der Waals surface area (Å²) in [6, 6.07) is 0. The summed E-state index contributed by atoms with van der Waals surface area (Å²) in [6.07, 6.45) is 37.9. The first-order valence-electron chi connectivity index (χ1n) is 14.9. The maximum atomic E-state index is 2.85. The van der Waals surface area contributed by atoms with Crippen LogP contribution in [0, 0.1) is 5.41 Å². The van der Waals surface area contributed by atoms with E-state index in [2.05, 4.69) is 30.0 Å². The van der Waals surface area contributed by atoms with Crippen molar-refractivity contribution in [1.82, 2.24) is 0 Å². The molecule has 0 rings (SSSR count). The van der Waals surface area contributed by atoms with Gasteiger partial charge in [-0.1, -0.05) is 149 Å². The van der Waals surface area contributed by atoms with Crippen LogP contribution in [0.25, 0.3) is 0 Å². The Bertz CT molecular complexity index is 303. The van der Waals surface area contributed by atoms with E-state index in [1.54, 1.807) is 0 Å². The molecule has 0 bridgehead atoms. The van der Waals surface area contributed by atoms with Crippen LogP contribution in [0.1, 0.15) is 181 Å². The topological polar surface area (TPSA) is 0 Å². The van der Waals surface area contributed by atoms with Crippen molar-refractivity contribution >= 4 is 9.24 Å². The van der Waals surface area contributed by atoms with E-state index in [4.69, 9.17) is 0 Å². The Morgan fingerprint density at radius 1 is 0.355 bits per heavy atom. The van der Waals surface area contributed by atoms with Gasteiger partial charge in [0.25, 0.3) is 0 Å². The van der Waals surface area contributed by atoms with Crippen LogP contribution in [0.3, 0.4) is 0 Å². The lowest BCUT2D eigenvalue weighted by Gasteiger charge is -2.35. The van der Waals surface area contributed by atoms with E-state index in [1.807, 2.05) is 0 Å². The SMILES string of the molecule is CCCCC(CCCC)(CCCC)CCCCCCCCCCCCCCCCCP. The van der Waals surface area contributed by atoms with Crippen LogP contribution in [0.15, 0.2) is 0 Å². The molecule has 0 aliphatic heterocycles. The monoisotopic (exact) mass is 454 g/mol. The third-order valence-corrected chi connectivity index (χ3v) is 8.00. The van der Waals surface area contributed by atoms with E-state index >= 15 is 0 Å². The van der Waals surface area contributed by atoms with Crippen molar-refractivity contribution in [1.29, 1.82) is 0 Å². The highest BCUT2D eigenvalue weighted by Gasteiger charge is 2.27. The molecule has 0 nitrogen and oxygen atoms in total. The zero-order valence-corrected chi connectivity index (χ0v) is 23.6. The molecule has 0 aromatic rings. The van der Waals surface area contributed by atoms with Crippen molar-refractivity contribution in [3.8, 4) is 0 Å². The molecular formula is C30H63P. The summed E-state index contributed by atoms with van der Waals surface area (Å²) < 4.78 is 0. The quantitative estimate of drug-likeness (QED) is 0.0900. The second-order valence-electron chi connectivity index (χ2n) is 10.7. The number of hydrogen-bond donors (Lipinski definition) is 0. The Morgan fingerprint density at radius 2 is 0.613 bits per heavy atom. The molecule has 1 unspecified atom stereocenters. The molecule has 1 atom stereocenters. The van der Waals surface area contributed by atoms with E-state index in [9.17, 15) is 0 Å². The molecule has 0 amide bonds. The van der Waals surface area contributed by atoms with Crippen molar-refractivity contribution in [2.24, 2.45) is 5.41 Å². The van der Waals surface area contributed by atoms with Crippen molar-refractivity contribution < 1.29 is 0 Å². The van der Waals surface area contributed by atoms with E-state index < -0.39 is 0 Å². The molecule has 1 heteroatoms. The summed E-state index contributed by atoms with van der Waals surface area (Å²) in [5, 5.41) is 0. The largest absolute Gasteiger partial charge is 0.138 e. The maximum absolute atomic E-state index is 2.85. The standard InChI is InChI=1S/C30H63P/c1-4-7-25-30(26-8-5-2,27-9-6-3)28-23-21-19-17-15-13-11-10-12-14-16-18-20-22-24-29-31/h4-29,31H2,1-3H3. The van der Waals surface area contributed by atoms with Gasteiger partial charge in [-0.15, -0.1) is 9.24 Å². The highest BCUT2D eigenvalue weighted by atomic mass is 31.0. The van der Waals surface area contributed by atoms with Gasteiger partial charge in [0.05, 0.1) is 0 Å². The van der Waals surface area contributed by atoms with E-state index in [-0.39, 0.29) is 0 Å². The Kier molecular flexibility index (Phi) is 25.4. The molecule has 0 aliphatic rings. The van der Waals surface area contributed by atoms with Gasteiger partial charge in [0.1, 0.15) is 0 Å². The van der Waals surface area contributed by atoms with Crippen molar-refractivity contribution in [2.75, 3.05) is 6.16 Å². The molecule has 0 aliphatic carbocycles. The van der Waals surface area contributed by atoms with Gasteiger partial charge in [-0.25, -0.2) is 0 Å². The summed E-state index contributed by atoms with van der Waals surface area (Å²) >= 11 is 0. The minimum atomic E-state index is 0.692. The molecule has 0 spiro atoms. The molecule has 188 valence electrons. The first-order chi connectivity index (χ1) is 15.2. The molecule has 0 saturated carbocycles. The average molecular weight is 455 g/mol. The molecule has 0 aromatic carbocycles. The average Bonchev–Trinajstić information content (AvgIpc) is 2.79. The van der Waals surface area contributed by atoms with Gasteiger partial charge in [0.15, 0.2) is 0 Å². The fourth-order valence-corrected chi connectivity index (χ4v) is 5.64. The van der Waals surface area contributed by atoms with Crippen molar-refractivity contribution in [2.45, 2.75) is 181 Å². The highest BCUT2D eigenvalue weighted by Crippen LogP contribution is 2.41. The molecule has 0 aromatic heterocycles. The van der Waals surface area contributed by atoms with Crippen LogP contribution in [-0.4, -0.2) is 6.16 Å². The summed E-state index contributed by atoms with van der Waals surface area (Å²) in [6.45, 7) is 7.12. The third-order valence-electron chi connectivity index (χ3n) is 7.59.